The van der Waals surface area contributed by atoms with Crippen LogP contribution in [0.3, 0.4) is 0 Å². The van der Waals surface area contributed by atoms with E-state index in [9.17, 15) is 14.7 Å². The van der Waals surface area contributed by atoms with Crippen molar-refractivity contribution < 1.29 is 28.9 Å². The summed E-state index contributed by atoms with van der Waals surface area (Å²) in [5.41, 5.74) is 2.24. The van der Waals surface area contributed by atoms with Crippen LogP contribution in [0.2, 0.25) is 5.02 Å². The van der Waals surface area contributed by atoms with Gasteiger partial charge < -0.3 is 19.3 Å². The fourth-order valence-electron chi connectivity index (χ4n) is 4.29. The molecule has 0 radical (unpaired) electrons. The number of Topliss-reactive ketones (excluding diaryl/α,β-unsaturated/α-hetero) is 1. The molecule has 1 N–H and O–H groups in total. The average molecular weight is 508 g/mol. The predicted octanol–water partition coefficient (Wildman–Crippen LogP) is 5.69. The average Bonchev–Trinajstić information content (AvgIpc) is 3.14. The molecule has 0 saturated carbocycles. The zero-order chi connectivity index (χ0) is 26.0. The fourth-order valence-corrected chi connectivity index (χ4v) is 4.55. The van der Waals surface area contributed by atoms with Gasteiger partial charge >= 0.3 is 0 Å². The Morgan fingerprint density at radius 2 is 1.69 bits per heavy atom. The summed E-state index contributed by atoms with van der Waals surface area (Å²) in [6, 6.07) is 16.2. The molecule has 1 heterocycles. The van der Waals surface area contributed by atoms with E-state index in [0.717, 1.165) is 5.56 Å². The summed E-state index contributed by atoms with van der Waals surface area (Å²) in [5.74, 6) is -0.511. The summed E-state index contributed by atoms with van der Waals surface area (Å²) in [5, 5.41) is 11.6. The van der Waals surface area contributed by atoms with Gasteiger partial charge in [0.15, 0.2) is 11.5 Å². The van der Waals surface area contributed by atoms with Gasteiger partial charge in [0.05, 0.1) is 37.5 Å². The summed E-state index contributed by atoms with van der Waals surface area (Å²) in [7, 11) is 3.01. The molecular weight excluding hydrogens is 482 g/mol. The highest BCUT2D eigenvalue weighted by atomic mass is 35.5. The molecule has 4 rings (SSSR count). The third-order valence-corrected chi connectivity index (χ3v) is 6.25. The van der Waals surface area contributed by atoms with Crippen LogP contribution in [0, 0.1) is 6.92 Å². The molecule has 0 bridgehead atoms. The highest BCUT2D eigenvalue weighted by molar-refractivity contribution is 6.51. The van der Waals surface area contributed by atoms with Gasteiger partial charge in [-0.25, -0.2) is 0 Å². The number of amides is 1. The lowest BCUT2D eigenvalue weighted by atomic mass is 9.94. The molecule has 1 saturated heterocycles. The first-order chi connectivity index (χ1) is 17.3. The van der Waals surface area contributed by atoms with E-state index in [2.05, 4.69) is 0 Å². The summed E-state index contributed by atoms with van der Waals surface area (Å²) < 4.78 is 16.3. The van der Waals surface area contributed by atoms with E-state index < -0.39 is 17.7 Å². The van der Waals surface area contributed by atoms with Crippen molar-refractivity contribution in [2.45, 2.75) is 19.9 Å². The summed E-state index contributed by atoms with van der Waals surface area (Å²) in [6.45, 7) is 4.13. The maximum Gasteiger partial charge on any atom is 0.300 e. The van der Waals surface area contributed by atoms with Gasteiger partial charge in [0, 0.05) is 11.3 Å². The second-order valence-corrected chi connectivity index (χ2v) is 8.61. The van der Waals surface area contributed by atoms with Gasteiger partial charge in [-0.3, -0.25) is 14.5 Å². The second kappa shape index (κ2) is 10.3. The van der Waals surface area contributed by atoms with E-state index in [1.807, 2.05) is 32.0 Å². The van der Waals surface area contributed by atoms with Gasteiger partial charge in [-0.2, -0.15) is 0 Å². The summed E-state index contributed by atoms with van der Waals surface area (Å²) in [4.78, 5) is 28.2. The smallest absolute Gasteiger partial charge is 0.300 e. The van der Waals surface area contributed by atoms with Crippen LogP contribution in [0.5, 0.6) is 17.2 Å². The number of aliphatic hydroxyl groups excluding tert-OH is 1. The molecule has 3 aromatic rings. The predicted molar refractivity (Wildman–Crippen MR) is 138 cm³/mol. The molecule has 8 heteroatoms. The number of nitrogens with zero attached hydrogens (tertiary/aromatic N) is 1. The van der Waals surface area contributed by atoms with Crippen LogP contribution in [-0.2, 0) is 9.59 Å². The van der Waals surface area contributed by atoms with E-state index in [-0.39, 0.29) is 21.9 Å². The van der Waals surface area contributed by atoms with Crippen molar-refractivity contribution in [3.8, 4) is 17.2 Å². The lowest BCUT2D eigenvalue weighted by Crippen LogP contribution is -2.29. The Hall–Kier alpha value is -3.97. The highest BCUT2D eigenvalue weighted by Gasteiger charge is 2.47. The monoisotopic (exact) mass is 507 g/mol. The number of hydrogen-bond donors (Lipinski definition) is 1. The maximum atomic E-state index is 13.4. The Kier molecular flexibility index (Phi) is 7.22. The van der Waals surface area contributed by atoms with Crippen LogP contribution < -0.4 is 19.1 Å². The third-order valence-electron chi connectivity index (χ3n) is 5.95. The summed E-state index contributed by atoms with van der Waals surface area (Å²) in [6.07, 6.45) is 0. The number of carbonyl (C=O) groups excluding carboxylic acids is 2. The standard InChI is InChI=1S/C28H26ClNO6/c1-5-36-23-15-17(9-12-22(23)35-4)25-24(26(31)18-10-11-21(34-3)20(29)14-18)27(32)28(33)30(25)19-8-6-7-16(2)13-19/h6-15,25,31H,5H2,1-4H3/b26-24-. The number of rotatable bonds is 7. The van der Waals surface area contributed by atoms with E-state index in [0.29, 0.717) is 35.1 Å². The minimum atomic E-state index is -0.919. The van der Waals surface area contributed by atoms with E-state index >= 15 is 0 Å². The lowest BCUT2D eigenvalue weighted by Gasteiger charge is -2.26. The molecule has 1 fully saturated rings. The van der Waals surface area contributed by atoms with Crippen LogP contribution in [0.15, 0.2) is 66.2 Å². The van der Waals surface area contributed by atoms with Crippen LogP contribution in [-0.4, -0.2) is 37.6 Å². The number of ketones is 1. The van der Waals surface area contributed by atoms with Gasteiger partial charge in [0.1, 0.15) is 11.5 Å². The van der Waals surface area contributed by atoms with Crippen LogP contribution in [0.1, 0.15) is 29.7 Å². The number of anilines is 1. The molecule has 1 unspecified atom stereocenters. The number of ether oxygens (including phenoxy) is 3. The molecule has 0 aliphatic carbocycles. The Morgan fingerprint density at radius 3 is 2.33 bits per heavy atom. The topological polar surface area (TPSA) is 85.3 Å². The molecule has 3 aromatic carbocycles. The molecule has 1 atom stereocenters. The Balaban J connectivity index is 1.97. The number of hydrogen-bond acceptors (Lipinski definition) is 6. The Labute approximate surface area is 214 Å². The fraction of sp³-hybridized carbons (Fsp3) is 0.214. The number of aliphatic hydroxyl groups is 1. The van der Waals surface area contributed by atoms with E-state index in [4.69, 9.17) is 25.8 Å². The van der Waals surface area contributed by atoms with Crippen molar-refractivity contribution in [3.63, 3.8) is 0 Å². The van der Waals surface area contributed by atoms with Crippen LogP contribution in [0.4, 0.5) is 5.69 Å². The number of carbonyl (C=O) groups is 2. The molecule has 1 aliphatic rings. The van der Waals surface area contributed by atoms with Crippen molar-refractivity contribution >= 4 is 34.7 Å². The zero-order valence-electron chi connectivity index (χ0n) is 20.4. The Bertz CT molecular complexity index is 1370. The maximum absolute atomic E-state index is 13.4. The van der Waals surface area contributed by atoms with Gasteiger partial charge in [0.25, 0.3) is 11.7 Å². The normalized spacial score (nSPS) is 16.8. The number of aryl methyl sites for hydroxylation is 1. The minimum absolute atomic E-state index is 0.0599. The van der Waals surface area contributed by atoms with Crippen molar-refractivity contribution in [3.05, 3.63) is 87.9 Å². The van der Waals surface area contributed by atoms with Crippen LogP contribution in [0.25, 0.3) is 5.76 Å². The van der Waals surface area contributed by atoms with E-state index in [1.54, 1.807) is 36.4 Å². The molecule has 36 heavy (non-hydrogen) atoms. The van der Waals surface area contributed by atoms with Crippen molar-refractivity contribution in [1.29, 1.82) is 0 Å². The molecule has 1 amide bonds. The largest absolute Gasteiger partial charge is 0.507 e. The van der Waals surface area contributed by atoms with Gasteiger partial charge in [-0.05, 0) is 67.4 Å². The van der Waals surface area contributed by atoms with Gasteiger partial charge in [-0.15, -0.1) is 0 Å². The molecule has 1 aliphatic heterocycles. The van der Waals surface area contributed by atoms with Gasteiger partial charge in [0.2, 0.25) is 0 Å². The van der Waals surface area contributed by atoms with Crippen molar-refractivity contribution in [1.82, 2.24) is 0 Å². The number of benzene rings is 3. The lowest BCUT2D eigenvalue weighted by molar-refractivity contribution is -0.132. The first-order valence-electron chi connectivity index (χ1n) is 11.3. The van der Waals surface area contributed by atoms with Crippen LogP contribution >= 0.6 is 11.6 Å². The molecule has 186 valence electrons. The first-order valence-corrected chi connectivity index (χ1v) is 11.7. The SMILES string of the molecule is CCOc1cc(C2/C(=C(/O)c3ccc(OC)c(Cl)c3)C(=O)C(=O)N2c2cccc(C)c2)ccc1OC. The minimum Gasteiger partial charge on any atom is -0.507 e. The van der Waals surface area contributed by atoms with Crippen molar-refractivity contribution in [2.75, 3.05) is 25.7 Å². The zero-order valence-corrected chi connectivity index (χ0v) is 21.1. The Morgan fingerprint density at radius 1 is 0.972 bits per heavy atom. The number of methoxy groups -OCH3 is 2. The molecule has 7 nitrogen and oxygen atoms in total. The number of halogens is 1. The molecule has 0 aromatic heterocycles. The summed E-state index contributed by atoms with van der Waals surface area (Å²) >= 11 is 6.28. The van der Waals surface area contributed by atoms with E-state index in [1.165, 1.54) is 25.2 Å². The molecule has 0 spiro atoms. The highest BCUT2D eigenvalue weighted by Crippen LogP contribution is 2.44. The van der Waals surface area contributed by atoms with Gasteiger partial charge in [-0.1, -0.05) is 29.8 Å². The quantitative estimate of drug-likeness (QED) is 0.251. The third kappa shape index (κ3) is 4.50. The molecular formula is C28H26ClNO6. The van der Waals surface area contributed by atoms with Crippen molar-refractivity contribution in [2.24, 2.45) is 0 Å². The first kappa shape index (κ1) is 25.1. The second-order valence-electron chi connectivity index (χ2n) is 8.20.